The number of benzene rings is 8. The fraction of sp³-hybridized carbons (Fsp3) is 0.0189. The molecule has 0 N–H and O–H groups in total. The normalized spacial score (nSPS) is 13.1. The first-order valence-electron chi connectivity index (χ1n) is 19.2. The van der Waals surface area contributed by atoms with E-state index in [4.69, 9.17) is 14.4 Å². The van der Waals surface area contributed by atoms with E-state index >= 15 is 0 Å². The molecule has 2 heterocycles. The van der Waals surface area contributed by atoms with Crippen LogP contribution in [0, 0.1) is 0 Å². The Morgan fingerprint density at radius 1 is 0.357 bits per heavy atom. The van der Waals surface area contributed by atoms with Crippen molar-refractivity contribution in [3.63, 3.8) is 0 Å². The lowest BCUT2D eigenvalue weighted by Crippen LogP contribution is -2.26. The molecular weight excluding hydrogens is 681 g/mol. The van der Waals surface area contributed by atoms with Gasteiger partial charge in [-0.05, 0) is 62.2 Å². The van der Waals surface area contributed by atoms with Crippen LogP contribution in [0.1, 0.15) is 22.3 Å². The fourth-order valence-corrected chi connectivity index (χ4v) is 9.61. The van der Waals surface area contributed by atoms with Crippen LogP contribution < -0.4 is 0 Å². The van der Waals surface area contributed by atoms with Gasteiger partial charge in [-0.1, -0.05) is 182 Å². The first-order chi connectivity index (χ1) is 27.8. The smallest absolute Gasteiger partial charge is 0.160 e. The van der Waals surface area contributed by atoms with Crippen molar-refractivity contribution in [2.24, 2.45) is 0 Å². The van der Waals surface area contributed by atoms with Crippen LogP contribution >= 0.6 is 0 Å². The molecule has 10 aromatic rings. The Morgan fingerprint density at radius 3 is 1.61 bits per heavy atom. The molecule has 0 saturated carbocycles. The lowest BCUT2D eigenvalue weighted by molar-refractivity contribution is 0.670. The third-order valence-electron chi connectivity index (χ3n) is 11.9. The predicted octanol–water partition coefficient (Wildman–Crippen LogP) is 13.4. The quantitative estimate of drug-likeness (QED) is 0.182. The first-order valence-corrected chi connectivity index (χ1v) is 19.2. The maximum Gasteiger partial charge on any atom is 0.160 e. The van der Waals surface area contributed by atoms with Gasteiger partial charge >= 0.3 is 0 Å². The van der Waals surface area contributed by atoms with Crippen LogP contribution in [0.5, 0.6) is 0 Å². The van der Waals surface area contributed by atoms with Crippen molar-refractivity contribution in [1.29, 1.82) is 0 Å². The molecule has 1 spiro atoms. The number of fused-ring (bicyclic) bond motifs is 13. The van der Waals surface area contributed by atoms with E-state index in [1.165, 1.54) is 44.5 Å². The zero-order chi connectivity index (χ0) is 36.8. The molecule has 2 aliphatic carbocycles. The molecule has 0 radical (unpaired) electrons. The van der Waals surface area contributed by atoms with Crippen molar-refractivity contribution in [2.45, 2.75) is 5.41 Å². The van der Waals surface area contributed by atoms with E-state index < -0.39 is 5.41 Å². The molecular formula is C53H32N2O. The average Bonchev–Trinajstić information content (AvgIpc) is 3.91. The predicted molar refractivity (Wildman–Crippen MR) is 227 cm³/mol. The highest BCUT2D eigenvalue weighted by atomic mass is 16.3. The summed E-state index contributed by atoms with van der Waals surface area (Å²) in [7, 11) is 0. The molecule has 0 unspecified atom stereocenters. The lowest BCUT2D eigenvalue weighted by Gasteiger charge is -2.32. The molecule has 0 bridgehead atoms. The van der Waals surface area contributed by atoms with E-state index in [0.29, 0.717) is 5.82 Å². The van der Waals surface area contributed by atoms with E-state index in [2.05, 4.69) is 176 Å². The molecule has 2 aliphatic rings. The van der Waals surface area contributed by atoms with Gasteiger partial charge in [0.15, 0.2) is 5.82 Å². The van der Waals surface area contributed by atoms with Gasteiger partial charge in [0.2, 0.25) is 0 Å². The molecule has 260 valence electrons. The minimum atomic E-state index is -0.493. The van der Waals surface area contributed by atoms with E-state index in [9.17, 15) is 0 Å². The van der Waals surface area contributed by atoms with Gasteiger partial charge in [-0.3, -0.25) is 0 Å². The van der Waals surface area contributed by atoms with Crippen molar-refractivity contribution in [3.8, 4) is 67.3 Å². The minimum absolute atomic E-state index is 0.493. The fourth-order valence-electron chi connectivity index (χ4n) is 9.61. The van der Waals surface area contributed by atoms with Crippen LogP contribution in [0.15, 0.2) is 199 Å². The molecule has 0 fully saturated rings. The molecule has 3 nitrogen and oxygen atoms in total. The molecule has 0 saturated heterocycles. The monoisotopic (exact) mass is 712 g/mol. The maximum absolute atomic E-state index is 6.40. The van der Waals surface area contributed by atoms with Crippen molar-refractivity contribution in [2.75, 3.05) is 0 Å². The van der Waals surface area contributed by atoms with Crippen LogP contribution in [0.4, 0.5) is 0 Å². The van der Waals surface area contributed by atoms with E-state index in [1.54, 1.807) is 0 Å². The molecule has 0 amide bonds. The zero-order valence-electron chi connectivity index (χ0n) is 30.3. The van der Waals surface area contributed by atoms with Crippen molar-refractivity contribution < 1.29 is 4.42 Å². The Morgan fingerprint density at radius 2 is 0.875 bits per heavy atom. The van der Waals surface area contributed by atoms with Gasteiger partial charge in [-0.2, -0.15) is 0 Å². The van der Waals surface area contributed by atoms with Crippen LogP contribution in [-0.2, 0) is 5.41 Å². The molecule has 2 aromatic heterocycles. The highest BCUT2D eigenvalue weighted by Gasteiger charge is 2.52. The first kappa shape index (κ1) is 31.0. The highest BCUT2D eigenvalue weighted by Crippen LogP contribution is 2.64. The number of nitrogens with zero attached hydrogens (tertiary/aromatic N) is 2. The third-order valence-corrected chi connectivity index (χ3v) is 11.9. The second-order valence-electron chi connectivity index (χ2n) is 14.8. The van der Waals surface area contributed by atoms with Gasteiger partial charge in [0.05, 0.1) is 16.8 Å². The van der Waals surface area contributed by atoms with Crippen LogP contribution in [0.25, 0.3) is 89.2 Å². The lowest BCUT2D eigenvalue weighted by atomic mass is 9.69. The Bertz CT molecular complexity index is 3130. The van der Waals surface area contributed by atoms with Crippen LogP contribution in [0.2, 0.25) is 0 Å². The Hall–Kier alpha value is -7.36. The topological polar surface area (TPSA) is 38.9 Å². The Kier molecular flexibility index (Phi) is 6.55. The summed E-state index contributed by atoms with van der Waals surface area (Å²) < 4.78 is 6.40. The maximum atomic E-state index is 6.40. The van der Waals surface area contributed by atoms with Gasteiger partial charge in [0.1, 0.15) is 11.2 Å². The summed E-state index contributed by atoms with van der Waals surface area (Å²) in [6, 6.07) is 69.4. The summed E-state index contributed by atoms with van der Waals surface area (Å²) in [5, 5.41) is 2.25. The number of hydrogen-bond acceptors (Lipinski definition) is 3. The van der Waals surface area contributed by atoms with E-state index in [-0.39, 0.29) is 0 Å². The second kappa shape index (κ2) is 11.8. The second-order valence-corrected chi connectivity index (χ2v) is 14.8. The van der Waals surface area contributed by atoms with Gasteiger partial charge in [-0.25, -0.2) is 9.97 Å². The summed E-state index contributed by atoms with van der Waals surface area (Å²) in [5.74, 6) is 0.684. The minimum Gasteiger partial charge on any atom is -0.455 e. The van der Waals surface area contributed by atoms with Gasteiger partial charge in [0, 0.05) is 33.0 Å². The standard InChI is InChI=1S/C53H32N2O/c1-2-14-34(15-3-1)47-32-48(55-52(54-47)35-30-28-33(29-31-35)36-20-12-22-42-40-19-7-11-27-49(40)56-51(36)42)43-23-13-21-41-39-18-6-10-26-46(39)53(50(41)43)44-24-8-4-16-37(44)38-17-5-9-25-45(38)53/h1-32H. The summed E-state index contributed by atoms with van der Waals surface area (Å²) in [5.41, 5.74) is 18.6. The summed E-state index contributed by atoms with van der Waals surface area (Å²) in [6.07, 6.45) is 0. The summed E-state index contributed by atoms with van der Waals surface area (Å²) in [6.45, 7) is 0. The van der Waals surface area contributed by atoms with Crippen molar-refractivity contribution >= 4 is 21.9 Å². The molecule has 0 atom stereocenters. The van der Waals surface area contributed by atoms with E-state index in [1.807, 2.05) is 18.2 Å². The number of hydrogen-bond donors (Lipinski definition) is 0. The van der Waals surface area contributed by atoms with Gasteiger partial charge < -0.3 is 4.42 Å². The molecule has 0 aliphatic heterocycles. The number of para-hydroxylation sites is 2. The number of furan rings is 1. The Balaban J connectivity index is 1.07. The molecule has 8 aromatic carbocycles. The van der Waals surface area contributed by atoms with Crippen LogP contribution in [0.3, 0.4) is 0 Å². The SMILES string of the molecule is c1ccc(-c2cc(-c3cccc4c3C3(c5ccccc5-c5ccccc53)c3ccccc3-4)nc(-c3ccc(-c4cccc5c4oc4ccccc45)cc3)n2)cc1. The van der Waals surface area contributed by atoms with Gasteiger partial charge in [0.25, 0.3) is 0 Å². The zero-order valence-corrected chi connectivity index (χ0v) is 30.3. The summed E-state index contributed by atoms with van der Waals surface area (Å²) >= 11 is 0. The van der Waals surface area contributed by atoms with Crippen molar-refractivity contribution in [1.82, 2.24) is 9.97 Å². The summed E-state index contributed by atoms with van der Waals surface area (Å²) in [4.78, 5) is 10.7. The largest absolute Gasteiger partial charge is 0.455 e. The number of rotatable bonds is 4. The average molecular weight is 713 g/mol. The van der Waals surface area contributed by atoms with Crippen LogP contribution in [-0.4, -0.2) is 9.97 Å². The third kappa shape index (κ3) is 4.28. The van der Waals surface area contributed by atoms with Crippen molar-refractivity contribution in [3.05, 3.63) is 216 Å². The highest BCUT2D eigenvalue weighted by molar-refractivity contribution is 6.09. The number of aromatic nitrogens is 2. The molecule has 56 heavy (non-hydrogen) atoms. The molecule has 12 rings (SSSR count). The molecule has 3 heteroatoms. The van der Waals surface area contributed by atoms with Gasteiger partial charge in [-0.15, -0.1) is 0 Å². The van der Waals surface area contributed by atoms with E-state index in [0.717, 1.165) is 61.1 Å². The Labute approximate surface area is 324 Å².